The van der Waals surface area contributed by atoms with Gasteiger partial charge in [0.15, 0.2) is 0 Å². The average Bonchev–Trinajstić information content (AvgIpc) is 3.10. The molecular weight excluding hydrogens is 296 g/mol. The van der Waals surface area contributed by atoms with E-state index in [1.54, 1.807) is 12.3 Å². The Kier molecular flexibility index (Phi) is 5.19. The van der Waals surface area contributed by atoms with Crippen molar-refractivity contribution in [2.75, 3.05) is 26.2 Å². The maximum absolute atomic E-state index is 12.1. The molecule has 0 unspecified atom stereocenters. The SMILES string of the molecule is O=C(c1ccsc1)c1ccc(OCCN2CCCCC2)cn1. The molecule has 1 fully saturated rings. The van der Waals surface area contributed by atoms with Gasteiger partial charge in [-0.05, 0) is 49.5 Å². The summed E-state index contributed by atoms with van der Waals surface area (Å²) < 4.78 is 5.72. The number of ketones is 1. The standard InChI is InChI=1S/C17H20N2O2S/c20-17(14-6-11-22-13-14)16-5-4-15(12-18-16)21-10-9-19-7-2-1-3-8-19/h4-6,11-13H,1-3,7-10H2. The molecule has 0 aromatic carbocycles. The number of hydrogen-bond donors (Lipinski definition) is 0. The van der Waals surface area contributed by atoms with Gasteiger partial charge in [-0.25, -0.2) is 4.98 Å². The fourth-order valence-corrected chi connectivity index (χ4v) is 3.25. The molecule has 0 atom stereocenters. The van der Waals surface area contributed by atoms with E-state index in [2.05, 4.69) is 9.88 Å². The van der Waals surface area contributed by atoms with Crippen molar-refractivity contribution in [2.45, 2.75) is 19.3 Å². The van der Waals surface area contributed by atoms with Gasteiger partial charge in [0.1, 0.15) is 18.1 Å². The van der Waals surface area contributed by atoms with E-state index in [-0.39, 0.29) is 5.78 Å². The number of carbonyl (C=O) groups excluding carboxylic acids is 1. The van der Waals surface area contributed by atoms with Crippen LogP contribution in [0.2, 0.25) is 0 Å². The van der Waals surface area contributed by atoms with Crippen LogP contribution in [0.25, 0.3) is 0 Å². The molecule has 3 rings (SSSR count). The van der Waals surface area contributed by atoms with Gasteiger partial charge in [-0.3, -0.25) is 9.69 Å². The van der Waals surface area contributed by atoms with Gasteiger partial charge in [0, 0.05) is 17.5 Å². The molecule has 0 aliphatic carbocycles. The predicted molar refractivity (Wildman–Crippen MR) is 87.8 cm³/mol. The lowest BCUT2D eigenvalue weighted by Crippen LogP contribution is -2.33. The minimum atomic E-state index is -0.0406. The Morgan fingerprint density at radius 2 is 2.09 bits per heavy atom. The number of aromatic nitrogens is 1. The molecule has 0 radical (unpaired) electrons. The van der Waals surface area contributed by atoms with Gasteiger partial charge >= 0.3 is 0 Å². The molecule has 1 aliphatic rings. The van der Waals surface area contributed by atoms with Crippen LogP contribution in [0.3, 0.4) is 0 Å². The zero-order valence-electron chi connectivity index (χ0n) is 12.5. The third kappa shape index (κ3) is 3.93. The van der Waals surface area contributed by atoms with Crippen LogP contribution in [-0.4, -0.2) is 41.9 Å². The quantitative estimate of drug-likeness (QED) is 0.767. The molecule has 5 heteroatoms. The van der Waals surface area contributed by atoms with Crippen LogP contribution in [0.1, 0.15) is 35.3 Å². The molecule has 1 saturated heterocycles. The minimum Gasteiger partial charge on any atom is -0.491 e. The summed E-state index contributed by atoms with van der Waals surface area (Å²) in [6, 6.07) is 5.37. The van der Waals surface area contributed by atoms with Gasteiger partial charge in [-0.1, -0.05) is 6.42 Å². The Morgan fingerprint density at radius 1 is 1.23 bits per heavy atom. The van der Waals surface area contributed by atoms with Crippen LogP contribution in [-0.2, 0) is 0 Å². The first-order valence-corrected chi connectivity index (χ1v) is 8.65. The smallest absolute Gasteiger partial charge is 0.212 e. The van der Waals surface area contributed by atoms with Crippen molar-refractivity contribution in [1.82, 2.24) is 9.88 Å². The normalized spacial score (nSPS) is 15.6. The van der Waals surface area contributed by atoms with Gasteiger partial charge in [-0.2, -0.15) is 11.3 Å². The maximum Gasteiger partial charge on any atom is 0.212 e. The molecule has 2 aromatic heterocycles. The van der Waals surface area contributed by atoms with E-state index in [0.717, 1.165) is 12.3 Å². The van der Waals surface area contributed by atoms with E-state index in [1.807, 2.05) is 22.9 Å². The van der Waals surface area contributed by atoms with Crippen molar-refractivity contribution < 1.29 is 9.53 Å². The van der Waals surface area contributed by atoms with Crippen molar-refractivity contribution in [2.24, 2.45) is 0 Å². The first-order valence-electron chi connectivity index (χ1n) is 7.71. The van der Waals surface area contributed by atoms with Crippen molar-refractivity contribution in [3.63, 3.8) is 0 Å². The largest absolute Gasteiger partial charge is 0.491 e. The second kappa shape index (κ2) is 7.51. The number of rotatable bonds is 6. The van der Waals surface area contributed by atoms with Gasteiger partial charge in [0.25, 0.3) is 0 Å². The Balaban J connectivity index is 1.50. The first-order chi connectivity index (χ1) is 10.8. The van der Waals surface area contributed by atoms with Crippen molar-refractivity contribution in [3.05, 3.63) is 46.4 Å². The summed E-state index contributed by atoms with van der Waals surface area (Å²) in [6.45, 7) is 3.97. The lowest BCUT2D eigenvalue weighted by molar-refractivity contribution is 0.103. The number of likely N-dealkylation sites (tertiary alicyclic amines) is 1. The molecule has 116 valence electrons. The van der Waals surface area contributed by atoms with E-state index < -0.39 is 0 Å². The molecule has 0 amide bonds. The average molecular weight is 316 g/mol. The summed E-state index contributed by atoms with van der Waals surface area (Å²) in [6.07, 6.45) is 5.57. The van der Waals surface area contributed by atoms with Crippen LogP contribution in [0.5, 0.6) is 5.75 Å². The highest BCUT2D eigenvalue weighted by atomic mass is 32.1. The zero-order valence-corrected chi connectivity index (χ0v) is 13.3. The van der Waals surface area contributed by atoms with Crippen LogP contribution >= 0.6 is 11.3 Å². The van der Waals surface area contributed by atoms with Crippen molar-refractivity contribution in [3.8, 4) is 5.75 Å². The number of piperidine rings is 1. The summed E-state index contributed by atoms with van der Waals surface area (Å²) in [5, 5.41) is 3.73. The number of thiophene rings is 1. The highest BCUT2D eigenvalue weighted by Crippen LogP contribution is 2.15. The fourth-order valence-electron chi connectivity index (χ4n) is 2.62. The third-order valence-electron chi connectivity index (χ3n) is 3.88. The van der Waals surface area contributed by atoms with E-state index in [4.69, 9.17) is 4.74 Å². The number of carbonyl (C=O) groups is 1. The van der Waals surface area contributed by atoms with Gasteiger partial charge < -0.3 is 4.74 Å². The molecule has 0 bridgehead atoms. The number of hydrogen-bond acceptors (Lipinski definition) is 5. The molecular formula is C17H20N2O2S. The summed E-state index contributed by atoms with van der Waals surface area (Å²) in [7, 11) is 0. The van der Waals surface area contributed by atoms with Gasteiger partial charge in [0.05, 0.1) is 6.20 Å². The zero-order chi connectivity index (χ0) is 15.2. The summed E-state index contributed by atoms with van der Waals surface area (Å²) >= 11 is 1.51. The first kappa shape index (κ1) is 15.2. The Labute approximate surface area is 134 Å². The highest BCUT2D eigenvalue weighted by Gasteiger charge is 2.12. The topological polar surface area (TPSA) is 42.4 Å². The van der Waals surface area contributed by atoms with Crippen molar-refractivity contribution >= 4 is 17.1 Å². The Morgan fingerprint density at radius 3 is 2.77 bits per heavy atom. The van der Waals surface area contributed by atoms with Gasteiger partial charge in [-0.15, -0.1) is 0 Å². The maximum atomic E-state index is 12.1. The molecule has 0 N–H and O–H groups in total. The lowest BCUT2D eigenvalue weighted by atomic mass is 10.1. The number of pyridine rings is 1. The van der Waals surface area contributed by atoms with Gasteiger partial charge in [0.2, 0.25) is 5.78 Å². The number of ether oxygens (including phenoxy) is 1. The Hall–Kier alpha value is -1.72. The van der Waals surface area contributed by atoms with Crippen LogP contribution < -0.4 is 4.74 Å². The summed E-state index contributed by atoms with van der Waals surface area (Å²) in [4.78, 5) is 18.8. The molecule has 0 saturated carbocycles. The lowest BCUT2D eigenvalue weighted by Gasteiger charge is -2.26. The number of nitrogens with zero attached hydrogens (tertiary/aromatic N) is 2. The van der Waals surface area contributed by atoms with E-state index in [1.165, 1.54) is 43.7 Å². The molecule has 2 aromatic rings. The highest BCUT2D eigenvalue weighted by molar-refractivity contribution is 7.08. The molecule has 4 nitrogen and oxygen atoms in total. The van der Waals surface area contributed by atoms with E-state index in [9.17, 15) is 4.79 Å². The second-order valence-corrected chi connectivity index (χ2v) is 6.25. The fraction of sp³-hybridized carbons (Fsp3) is 0.412. The third-order valence-corrected chi connectivity index (χ3v) is 4.56. The molecule has 3 heterocycles. The second-order valence-electron chi connectivity index (χ2n) is 5.47. The Bertz CT molecular complexity index is 590. The van der Waals surface area contributed by atoms with E-state index >= 15 is 0 Å². The molecule has 22 heavy (non-hydrogen) atoms. The molecule has 0 spiro atoms. The van der Waals surface area contributed by atoms with E-state index in [0.29, 0.717) is 17.9 Å². The summed E-state index contributed by atoms with van der Waals surface area (Å²) in [5.74, 6) is 0.681. The molecule has 1 aliphatic heterocycles. The van der Waals surface area contributed by atoms with Crippen LogP contribution in [0.4, 0.5) is 0 Å². The summed E-state index contributed by atoms with van der Waals surface area (Å²) in [5.41, 5.74) is 1.15. The minimum absolute atomic E-state index is 0.0406. The predicted octanol–water partition coefficient (Wildman–Crippen LogP) is 3.24. The van der Waals surface area contributed by atoms with Crippen LogP contribution in [0.15, 0.2) is 35.2 Å². The van der Waals surface area contributed by atoms with Crippen LogP contribution in [0, 0.1) is 0 Å². The van der Waals surface area contributed by atoms with Crippen molar-refractivity contribution in [1.29, 1.82) is 0 Å². The monoisotopic (exact) mass is 316 g/mol.